The lowest BCUT2D eigenvalue weighted by molar-refractivity contribution is 0.199. The first-order valence-corrected chi connectivity index (χ1v) is 6.06. The molecule has 0 fully saturated rings. The Bertz CT molecular complexity index is 501. The maximum Gasteiger partial charge on any atom is 0.165 e. The van der Waals surface area contributed by atoms with Gasteiger partial charge in [-0.05, 0) is 38.5 Å². The summed E-state index contributed by atoms with van der Waals surface area (Å²) in [4.78, 5) is 0. The second kappa shape index (κ2) is 5.23. The molecular weight excluding hydrogens is 228 g/mol. The highest BCUT2D eigenvalue weighted by molar-refractivity contribution is 5.31. The van der Waals surface area contributed by atoms with Gasteiger partial charge < -0.3 is 9.84 Å². The molecule has 18 heavy (non-hydrogen) atoms. The van der Waals surface area contributed by atoms with Crippen LogP contribution in [0, 0.1) is 0 Å². The van der Waals surface area contributed by atoms with Crippen LogP contribution in [-0.4, -0.2) is 14.9 Å². The van der Waals surface area contributed by atoms with Crippen molar-refractivity contribution in [3.8, 4) is 11.5 Å². The summed E-state index contributed by atoms with van der Waals surface area (Å²) in [5.41, 5.74) is 0.875. The van der Waals surface area contributed by atoms with Crippen molar-refractivity contribution < 1.29 is 9.84 Å². The molecule has 0 saturated carbocycles. The van der Waals surface area contributed by atoms with Crippen molar-refractivity contribution in [1.29, 1.82) is 0 Å². The van der Waals surface area contributed by atoms with E-state index in [0.29, 0.717) is 11.8 Å². The Morgan fingerprint density at radius 1 is 1.11 bits per heavy atom. The van der Waals surface area contributed by atoms with Gasteiger partial charge in [0.1, 0.15) is 5.75 Å². The van der Waals surface area contributed by atoms with Gasteiger partial charge in [-0.2, -0.15) is 5.10 Å². The summed E-state index contributed by atoms with van der Waals surface area (Å²) in [6, 6.07) is 7.71. The first-order valence-electron chi connectivity index (χ1n) is 6.06. The topological polar surface area (TPSA) is 47.3 Å². The van der Waals surface area contributed by atoms with Gasteiger partial charge in [-0.15, -0.1) is 0 Å². The third-order valence-electron chi connectivity index (χ3n) is 2.71. The fraction of sp³-hybridized carbons (Fsp3) is 0.357. The lowest BCUT2D eigenvalue weighted by atomic mass is 10.1. The van der Waals surface area contributed by atoms with Gasteiger partial charge in [0, 0.05) is 6.04 Å². The highest BCUT2D eigenvalue weighted by Gasteiger charge is 2.05. The minimum absolute atomic E-state index is 0.319. The summed E-state index contributed by atoms with van der Waals surface area (Å²) >= 11 is 0. The van der Waals surface area contributed by atoms with Crippen LogP contribution in [0.1, 0.15) is 38.5 Å². The van der Waals surface area contributed by atoms with E-state index >= 15 is 0 Å². The first-order chi connectivity index (χ1) is 8.56. The van der Waals surface area contributed by atoms with E-state index in [2.05, 4.69) is 18.9 Å². The summed E-state index contributed by atoms with van der Waals surface area (Å²) in [7, 11) is 0. The average molecular weight is 246 g/mol. The molecule has 4 heteroatoms. The minimum Gasteiger partial charge on any atom is -0.454 e. The predicted octanol–water partition coefficient (Wildman–Crippen LogP) is 3.31. The van der Waals surface area contributed by atoms with E-state index in [9.17, 15) is 5.11 Å². The molecule has 1 N–H and O–H groups in total. The number of aliphatic hydroxyl groups excluding tert-OH is 1. The standard InChI is InChI=1S/C14H18N2O2/c1-10(2)16-9-14(8-15-16)18-13-6-4-12(5-7-13)11(3)17/h4-11,17H,1-3H3. The van der Waals surface area contributed by atoms with Gasteiger partial charge in [-0.3, -0.25) is 4.68 Å². The lowest BCUT2D eigenvalue weighted by Crippen LogP contribution is -1.99. The summed E-state index contributed by atoms with van der Waals surface area (Å²) in [5.74, 6) is 1.45. The summed E-state index contributed by atoms with van der Waals surface area (Å²) in [6.07, 6.45) is 3.11. The fourth-order valence-electron chi connectivity index (χ4n) is 1.61. The van der Waals surface area contributed by atoms with Gasteiger partial charge in [0.05, 0.1) is 18.5 Å². The van der Waals surface area contributed by atoms with Crippen molar-refractivity contribution in [2.45, 2.75) is 32.9 Å². The Hall–Kier alpha value is -1.81. The average Bonchev–Trinajstić information content (AvgIpc) is 2.78. The molecule has 0 radical (unpaired) electrons. The highest BCUT2D eigenvalue weighted by atomic mass is 16.5. The molecule has 0 spiro atoms. The lowest BCUT2D eigenvalue weighted by Gasteiger charge is -2.07. The third-order valence-corrected chi connectivity index (χ3v) is 2.71. The molecule has 0 saturated heterocycles. The Morgan fingerprint density at radius 2 is 1.78 bits per heavy atom. The molecule has 4 nitrogen and oxygen atoms in total. The zero-order valence-electron chi connectivity index (χ0n) is 10.9. The number of rotatable bonds is 4. The minimum atomic E-state index is -0.456. The molecule has 1 aromatic carbocycles. The monoisotopic (exact) mass is 246 g/mol. The highest BCUT2D eigenvalue weighted by Crippen LogP contribution is 2.23. The van der Waals surface area contributed by atoms with Crippen molar-refractivity contribution in [3.63, 3.8) is 0 Å². The quantitative estimate of drug-likeness (QED) is 0.900. The Labute approximate surface area is 107 Å². The molecule has 0 amide bonds. The summed E-state index contributed by atoms with van der Waals surface area (Å²) in [6.45, 7) is 5.87. The van der Waals surface area contributed by atoms with E-state index < -0.39 is 6.10 Å². The van der Waals surface area contributed by atoms with Crippen LogP contribution in [0.2, 0.25) is 0 Å². The van der Waals surface area contributed by atoms with Crippen LogP contribution < -0.4 is 4.74 Å². The van der Waals surface area contributed by atoms with E-state index in [1.54, 1.807) is 13.1 Å². The fourth-order valence-corrected chi connectivity index (χ4v) is 1.61. The second-order valence-electron chi connectivity index (χ2n) is 4.60. The number of aliphatic hydroxyl groups is 1. The third kappa shape index (κ3) is 2.90. The maximum atomic E-state index is 9.41. The molecule has 1 atom stereocenters. The number of ether oxygens (including phenoxy) is 1. The summed E-state index contributed by atoms with van der Waals surface area (Å²) < 4.78 is 7.53. The molecule has 0 aliphatic heterocycles. The molecule has 96 valence electrons. The van der Waals surface area contributed by atoms with Gasteiger partial charge in [-0.1, -0.05) is 12.1 Å². The normalized spacial score (nSPS) is 12.7. The SMILES string of the molecule is CC(O)c1ccc(Oc2cnn(C(C)C)c2)cc1. The van der Waals surface area contributed by atoms with Crippen LogP contribution in [0.5, 0.6) is 11.5 Å². The van der Waals surface area contributed by atoms with Crippen LogP contribution in [0.15, 0.2) is 36.7 Å². The maximum absolute atomic E-state index is 9.41. The Kier molecular flexibility index (Phi) is 3.67. The number of hydrogen-bond acceptors (Lipinski definition) is 3. The largest absolute Gasteiger partial charge is 0.454 e. The van der Waals surface area contributed by atoms with E-state index in [1.165, 1.54) is 0 Å². The molecular formula is C14H18N2O2. The van der Waals surface area contributed by atoms with Crippen molar-refractivity contribution in [2.24, 2.45) is 0 Å². The molecule has 1 unspecified atom stereocenters. The molecule has 0 aliphatic rings. The van der Waals surface area contributed by atoms with E-state index in [-0.39, 0.29) is 0 Å². The number of hydrogen-bond donors (Lipinski definition) is 1. The van der Waals surface area contributed by atoms with Gasteiger partial charge in [0.2, 0.25) is 0 Å². The second-order valence-corrected chi connectivity index (χ2v) is 4.60. The van der Waals surface area contributed by atoms with E-state index in [4.69, 9.17) is 4.74 Å². The zero-order valence-corrected chi connectivity index (χ0v) is 10.9. The smallest absolute Gasteiger partial charge is 0.165 e. The molecule has 2 aromatic rings. The van der Waals surface area contributed by atoms with Crippen molar-refractivity contribution in [3.05, 3.63) is 42.2 Å². The zero-order chi connectivity index (χ0) is 13.1. The van der Waals surface area contributed by atoms with Crippen LogP contribution in [0.4, 0.5) is 0 Å². The predicted molar refractivity (Wildman–Crippen MR) is 69.8 cm³/mol. The van der Waals surface area contributed by atoms with Crippen molar-refractivity contribution >= 4 is 0 Å². The van der Waals surface area contributed by atoms with Gasteiger partial charge in [-0.25, -0.2) is 0 Å². The van der Waals surface area contributed by atoms with Crippen LogP contribution in [0.3, 0.4) is 0 Å². The van der Waals surface area contributed by atoms with Crippen LogP contribution in [-0.2, 0) is 0 Å². The number of aromatic nitrogens is 2. The molecule has 0 aliphatic carbocycles. The van der Waals surface area contributed by atoms with Gasteiger partial charge >= 0.3 is 0 Å². The molecule has 2 rings (SSSR count). The van der Waals surface area contributed by atoms with Crippen molar-refractivity contribution in [1.82, 2.24) is 9.78 Å². The number of nitrogens with zero attached hydrogens (tertiary/aromatic N) is 2. The van der Waals surface area contributed by atoms with Gasteiger partial charge in [0.15, 0.2) is 5.75 Å². The molecule has 1 aromatic heterocycles. The van der Waals surface area contributed by atoms with Crippen LogP contribution in [0.25, 0.3) is 0 Å². The Morgan fingerprint density at radius 3 is 2.28 bits per heavy atom. The summed E-state index contributed by atoms with van der Waals surface area (Å²) in [5, 5.41) is 13.6. The van der Waals surface area contributed by atoms with Crippen LogP contribution >= 0.6 is 0 Å². The van der Waals surface area contributed by atoms with Crippen molar-refractivity contribution in [2.75, 3.05) is 0 Å². The molecule has 0 bridgehead atoms. The Balaban J connectivity index is 2.08. The number of benzene rings is 1. The van der Waals surface area contributed by atoms with E-state index in [1.807, 2.05) is 35.1 Å². The first kappa shape index (κ1) is 12.6. The van der Waals surface area contributed by atoms with E-state index in [0.717, 1.165) is 11.3 Å². The molecule has 1 heterocycles. The van der Waals surface area contributed by atoms with Gasteiger partial charge in [0.25, 0.3) is 0 Å².